The van der Waals surface area contributed by atoms with Gasteiger partial charge in [0.25, 0.3) is 0 Å². The maximum Gasteiger partial charge on any atom is 0.326 e. The minimum atomic E-state index is -0.0681. The summed E-state index contributed by atoms with van der Waals surface area (Å²) < 4.78 is 0. The zero-order valence-electron chi connectivity index (χ0n) is 12.8. The molecule has 0 spiro atoms. The Kier molecular flexibility index (Phi) is 4.36. The van der Waals surface area contributed by atoms with Gasteiger partial charge in [0, 0.05) is 9.79 Å². The fourth-order valence-corrected chi connectivity index (χ4v) is 3.48. The van der Waals surface area contributed by atoms with Crippen molar-refractivity contribution >= 4 is 29.2 Å². The summed E-state index contributed by atoms with van der Waals surface area (Å²) in [7, 11) is 4.16. The molecule has 0 bridgehead atoms. The highest BCUT2D eigenvalue weighted by atomic mass is 32.2. The molecule has 2 amide bonds. The highest BCUT2D eigenvalue weighted by Crippen LogP contribution is 2.47. The molecule has 1 aliphatic rings. The minimum Gasteiger partial charge on any atom is -0.338 e. The van der Waals surface area contributed by atoms with Gasteiger partial charge >= 0.3 is 6.03 Å². The number of anilines is 2. The molecule has 0 aliphatic carbocycles. The average molecular weight is 314 g/mol. The van der Waals surface area contributed by atoms with Crippen LogP contribution in [0.4, 0.5) is 16.2 Å². The van der Waals surface area contributed by atoms with Crippen LogP contribution in [0.1, 0.15) is 0 Å². The third-order valence-electron chi connectivity index (χ3n) is 3.54. The molecule has 3 rings (SSSR count). The molecule has 2 aromatic rings. The highest BCUT2D eigenvalue weighted by molar-refractivity contribution is 7.99. The number of fused-ring (bicyclic) bond motifs is 2. The van der Waals surface area contributed by atoms with Crippen molar-refractivity contribution in [3.63, 3.8) is 0 Å². The molecule has 22 heavy (non-hydrogen) atoms. The molecular weight excluding hydrogens is 294 g/mol. The molecule has 0 saturated carbocycles. The lowest BCUT2D eigenvalue weighted by atomic mass is 10.2. The molecule has 1 aliphatic heterocycles. The first-order valence-electron chi connectivity index (χ1n) is 7.40. The monoisotopic (exact) mass is 314 g/mol. The van der Waals surface area contributed by atoms with Crippen molar-refractivity contribution in [1.82, 2.24) is 5.32 Å². The Morgan fingerprint density at radius 3 is 2.14 bits per heavy atom. The molecular formula is C17H20N3OS+. The number of rotatable bonds is 3. The topological polar surface area (TPSA) is 36.8 Å². The van der Waals surface area contributed by atoms with E-state index in [4.69, 9.17) is 0 Å². The van der Waals surface area contributed by atoms with Crippen LogP contribution in [-0.2, 0) is 0 Å². The third-order valence-corrected chi connectivity index (χ3v) is 4.67. The van der Waals surface area contributed by atoms with Crippen LogP contribution in [0, 0.1) is 0 Å². The number of likely N-dealkylation sites (N-methyl/N-ethyl adjacent to an activating group) is 1. The summed E-state index contributed by atoms with van der Waals surface area (Å²) in [6, 6.07) is 16.0. The van der Waals surface area contributed by atoms with E-state index in [-0.39, 0.29) is 6.03 Å². The number of carbonyl (C=O) groups is 1. The van der Waals surface area contributed by atoms with Crippen molar-refractivity contribution in [2.45, 2.75) is 9.79 Å². The maximum atomic E-state index is 12.7. The summed E-state index contributed by atoms with van der Waals surface area (Å²) >= 11 is 1.71. The normalized spacial score (nSPS) is 12.8. The lowest BCUT2D eigenvalue weighted by Crippen LogP contribution is -3.06. The summed E-state index contributed by atoms with van der Waals surface area (Å²) in [4.78, 5) is 18.0. The van der Waals surface area contributed by atoms with Crippen molar-refractivity contribution in [3.05, 3.63) is 48.5 Å². The fourth-order valence-electron chi connectivity index (χ4n) is 2.42. The molecule has 1 heterocycles. The second kappa shape index (κ2) is 6.42. The smallest absolute Gasteiger partial charge is 0.326 e. The van der Waals surface area contributed by atoms with Gasteiger partial charge in [-0.2, -0.15) is 0 Å². The summed E-state index contributed by atoms with van der Waals surface area (Å²) in [5.41, 5.74) is 1.89. The van der Waals surface area contributed by atoms with Crippen molar-refractivity contribution in [3.8, 4) is 0 Å². The number of benzene rings is 2. The second-order valence-corrected chi connectivity index (χ2v) is 6.65. The Morgan fingerprint density at radius 1 is 1.05 bits per heavy atom. The lowest BCUT2D eigenvalue weighted by molar-refractivity contribution is -0.856. The molecule has 114 valence electrons. The Bertz CT molecular complexity index is 642. The van der Waals surface area contributed by atoms with Gasteiger partial charge in [-0.15, -0.1) is 0 Å². The van der Waals surface area contributed by atoms with Crippen LogP contribution in [0.3, 0.4) is 0 Å². The van der Waals surface area contributed by atoms with Crippen molar-refractivity contribution < 1.29 is 9.69 Å². The molecule has 5 heteroatoms. The minimum absolute atomic E-state index is 0.0681. The first-order chi connectivity index (χ1) is 10.7. The Labute approximate surface area is 135 Å². The van der Waals surface area contributed by atoms with Gasteiger partial charge in [0.2, 0.25) is 0 Å². The molecule has 0 aromatic heterocycles. The third kappa shape index (κ3) is 2.96. The summed E-state index contributed by atoms with van der Waals surface area (Å²) in [5, 5.41) is 3.02. The number of hydrogen-bond donors (Lipinski definition) is 2. The zero-order chi connectivity index (χ0) is 15.5. The van der Waals surface area contributed by atoms with Crippen LogP contribution in [0.5, 0.6) is 0 Å². The molecule has 4 nitrogen and oxygen atoms in total. The predicted molar refractivity (Wildman–Crippen MR) is 90.2 cm³/mol. The number of carbonyl (C=O) groups excluding carboxylic acids is 1. The number of nitrogens with zero attached hydrogens (tertiary/aromatic N) is 1. The van der Waals surface area contributed by atoms with E-state index in [1.165, 1.54) is 4.90 Å². The van der Waals surface area contributed by atoms with E-state index < -0.39 is 0 Å². The van der Waals surface area contributed by atoms with Crippen molar-refractivity contribution in [1.29, 1.82) is 0 Å². The first kappa shape index (κ1) is 14.9. The molecule has 2 N–H and O–H groups in total. The standard InChI is InChI=1S/C17H19N3OS/c1-19(2)12-11-18-17(21)20-13-7-3-5-9-15(13)22-16-10-6-4-8-14(16)20/h3-10H,11-12H2,1-2H3,(H,18,21)/p+1. The number of urea groups is 1. The van der Waals surface area contributed by atoms with Gasteiger partial charge in [-0.3, -0.25) is 4.90 Å². The van der Waals surface area contributed by atoms with E-state index in [0.29, 0.717) is 6.54 Å². The van der Waals surface area contributed by atoms with Crippen molar-refractivity contribution in [2.24, 2.45) is 0 Å². The number of quaternary nitrogens is 1. The van der Waals surface area contributed by atoms with Gasteiger partial charge in [0.1, 0.15) is 0 Å². The van der Waals surface area contributed by atoms with Crippen LogP contribution in [0.2, 0.25) is 0 Å². The largest absolute Gasteiger partial charge is 0.338 e. The van der Waals surface area contributed by atoms with E-state index in [9.17, 15) is 4.79 Å². The van der Waals surface area contributed by atoms with Gasteiger partial charge in [0.05, 0.1) is 38.6 Å². The summed E-state index contributed by atoms with van der Waals surface area (Å²) in [5.74, 6) is 0. The first-order valence-corrected chi connectivity index (χ1v) is 8.21. The lowest BCUT2D eigenvalue weighted by Gasteiger charge is -2.31. The van der Waals surface area contributed by atoms with Crippen LogP contribution in [-0.4, -0.2) is 33.2 Å². The molecule has 0 saturated heterocycles. The van der Waals surface area contributed by atoms with Gasteiger partial charge in [-0.25, -0.2) is 4.79 Å². The summed E-state index contributed by atoms with van der Waals surface area (Å²) in [6.45, 7) is 1.56. The van der Waals surface area contributed by atoms with Gasteiger partial charge < -0.3 is 10.2 Å². The number of nitrogens with one attached hydrogen (secondary N) is 2. The maximum absolute atomic E-state index is 12.7. The van der Waals surface area contributed by atoms with Gasteiger partial charge in [0.15, 0.2) is 0 Å². The Balaban J connectivity index is 1.91. The van der Waals surface area contributed by atoms with Crippen LogP contribution < -0.4 is 15.1 Å². The van der Waals surface area contributed by atoms with E-state index in [2.05, 4.69) is 31.5 Å². The average Bonchev–Trinajstić information content (AvgIpc) is 2.52. The van der Waals surface area contributed by atoms with E-state index in [1.54, 1.807) is 16.7 Å². The molecule has 0 radical (unpaired) electrons. The summed E-state index contributed by atoms with van der Waals surface area (Å²) in [6.07, 6.45) is 0. The Hall–Kier alpha value is -1.98. The SMILES string of the molecule is C[NH+](C)CCNC(=O)N1c2ccccc2Sc2ccccc21. The molecule has 2 aromatic carbocycles. The van der Waals surface area contributed by atoms with Crippen LogP contribution in [0.25, 0.3) is 0 Å². The van der Waals surface area contributed by atoms with Crippen molar-refractivity contribution in [2.75, 3.05) is 32.1 Å². The highest BCUT2D eigenvalue weighted by Gasteiger charge is 2.27. The molecule has 0 atom stereocenters. The number of para-hydroxylation sites is 2. The van der Waals surface area contributed by atoms with E-state index >= 15 is 0 Å². The number of hydrogen-bond acceptors (Lipinski definition) is 2. The number of amides is 2. The van der Waals surface area contributed by atoms with E-state index in [1.807, 2.05) is 36.4 Å². The second-order valence-electron chi connectivity index (χ2n) is 5.56. The molecule has 0 fully saturated rings. The predicted octanol–water partition coefficient (Wildman–Crippen LogP) is 2.14. The van der Waals surface area contributed by atoms with Crippen LogP contribution >= 0.6 is 11.8 Å². The zero-order valence-corrected chi connectivity index (χ0v) is 13.6. The quantitative estimate of drug-likeness (QED) is 0.911. The fraction of sp³-hybridized carbons (Fsp3) is 0.235. The molecule has 0 unspecified atom stereocenters. The van der Waals surface area contributed by atoms with Crippen LogP contribution in [0.15, 0.2) is 58.3 Å². The van der Waals surface area contributed by atoms with Gasteiger partial charge in [-0.1, -0.05) is 36.0 Å². The van der Waals surface area contributed by atoms with E-state index in [0.717, 1.165) is 27.7 Å². The Morgan fingerprint density at radius 2 is 1.59 bits per heavy atom. The van der Waals surface area contributed by atoms with Gasteiger partial charge in [-0.05, 0) is 24.3 Å².